The number of halogens is 1. The van der Waals surface area contributed by atoms with E-state index in [0.29, 0.717) is 0 Å². The zero-order chi connectivity index (χ0) is 13.2. The molecule has 0 aromatic heterocycles. The van der Waals surface area contributed by atoms with Crippen LogP contribution in [-0.2, 0) is 6.42 Å². The van der Waals surface area contributed by atoms with E-state index in [2.05, 4.69) is 59.2 Å². The summed E-state index contributed by atoms with van der Waals surface area (Å²) in [6.45, 7) is 0. The summed E-state index contributed by atoms with van der Waals surface area (Å²) in [4.78, 5) is 2.35. The molecule has 1 unspecified atom stereocenters. The molecule has 1 saturated carbocycles. The fourth-order valence-electron chi connectivity index (χ4n) is 3.24. The van der Waals surface area contributed by atoms with Gasteiger partial charge in [-0.1, -0.05) is 40.9 Å². The predicted molar refractivity (Wildman–Crippen MR) is 80.7 cm³/mol. The van der Waals surface area contributed by atoms with Gasteiger partial charge in [-0.05, 0) is 51.1 Å². The minimum absolute atomic E-state index is 0.197. The van der Waals surface area contributed by atoms with Gasteiger partial charge in [-0.3, -0.25) is 0 Å². The Kier molecular flexibility index (Phi) is 4.46. The maximum Gasteiger partial charge on any atom is 0.0357 e. The van der Waals surface area contributed by atoms with Crippen LogP contribution in [0.4, 0.5) is 0 Å². The van der Waals surface area contributed by atoms with Crippen LogP contribution in [0.5, 0.6) is 0 Å². The summed E-state index contributed by atoms with van der Waals surface area (Å²) >= 11 is 3.53. The van der Waals surface area contributed by atoms with Crippen molar-refractivity contribution in [3.63, 3.8) is 0 Å². The lowest BCUT2D eigenvalue weighted by Gasteiger charge is -2.41. The van der Waals surface area contributed by atoms with Crippen LogP contribution in [0.3, 0.4) is 0 Å². The lowest BCUT2D eigenvalue weighted by molar-refractivity contribution is 0.123. The molecule has 2 rings (SSSR count). The minimum Gasteiger partial charge on any atom is -0.326 e. The highest BCUT2D eigenvalue weighted by Gasteiger charge is 2.41. The van der Waals surface area contributed by atoms with Gasteiger partial charge >= 0.3 is 0 Å². The first-order valence-corrected chi connectivity index (χ1v) is 7.51. The zero-order valence-corrected chi connectivity index (χ0v) is 12.9. The third-order valence-electron chi connectivity index (χ3n) is 4.39. The normalized spacial score (nSPS) is 20.3. The molecule has 0 amide bonds. The Morgan fingerprint density at radius 1 is 1.33 bits per heavy atom. The van der Waals surface area contributed by atoms with Crippen molar-refractivity contribution >= 4 is 15.9 Å². The molecule has 0 aliphatic heterocycles. The number of likely N-dealkylation sites (N-methyl/N-ethyl adjacent to an activating group) is 1. The average molecular weight is 311 g/mol. The van der Waals surface area contributed by atoms with Crippen molar-refractivity contribution in [1.82, 2.24) is 4.90 Å². The van der Waals surface area contributed by atoms with E-state index in [1.165, 1.54) is 31.2 Å². The van der Waals surface area contributed by atoms with Crippen molar-refractivity contribution in [2.45, 2.75) is 43.7 Å². The van der Waals surface area contributed by atoms with Crippen LogP contribution in [0.2, 0.25) is 0 Å². The molecule has 0 spiro atoms. The van der Waals surface area contributed by atoms with E-state index in [9.17, 15) is 0 Å². The summed E-state index contributed by atoms with van der Waals surface area (Å²) in [5.41, 5.74) is 8.06. The summed E-state index contributed by atoms with van der Waals surface area (Å²) in [5, 5.41) is 0. The summed E-state index contributed by atoms with van der Waals surface area (Å²) in [5.74, 6) is 0. The molecule has 0 saturated heterocycles. The van der Waals surface area contributed by atoms with E-state index in [-0.39, 0.29) is 11.6 Å². The van der Waals surface area contributed by atoms with Gasteiger partial charge in [-0.2, -0.15) is 0 Å². The number of hydrogen-bond donors (Lipinski definition) is 1. The molecule has 2 N–H and O–H groups in total. The van der Waals surface area contributed by atoms with Crippen LogP contribution in [-0.4, -0.2) is 30.6 Å². The van der Waals surface area contributed by atoms with E-state index in [4.69, 9.17) is 5.73 Å². The molecule has 1 fully saturated rings. The molecule has 2 nitrogen and oxygen atoms in total. The first kappa shape index (κ1) is 14.0. The quantitative estimate of drug-likeness (QED) is 0.925. The number of benzene rings is 1. The van der Waals surface area contributed by atoms with E-state index < -0.39 is 0 Å². The number of nitrogens with two attached hydrogens (primary N) is 1. The smallest absolute Gasteiger partial charge is 0.0357 e. The monoisotopic (exact) mass is 310 g/mol. The van der Waals surface area contributed by atoms with E-state index in [1.54, 1.807) is 0 Å². The molecule has 1 atom stereocenters. The van der Waals surface area contributed by atoms with E-state index in [0.717, 1.165) is 10.9 Å². The van der Waals surface area contributed by atoms with Crippen LogP contribution in [0, 0.1) is 0 Å². The van der Waals surface area contributed by atoms with Crippen molar-refractivity contribution in [1.29, 1.82) is 0 Å². The highest BCUT2D eigenvalue weighted by atomic mass is 79.9. The first-order valence-electron chi connectivity index (χ1n) is 6.72. The van der Waals surface area contributed by atoms with Crippen molar-refractivity contribution in [2.75, 3.05) is 14.1 Å². The van der Waals surface area contributed by atoms with Crippen LogP contribution in [0.15, 0.2) is 28.7 Å². The van der Waals surface area contributed by atoms with Gasteiger partial charge < -0.3 is 10.6 Å². The van der Waals surface area contributed by atoms with Crippen LogP contribution in [0.1, 0.15) is 31.2 Å². The van der Waals surface area contributed by atoms with Crippen molar-refractivity contribution in [3.05, 3.63) is 34.3 Å². The van der Waals surface area contributed by atoms with Crippen molar-refractivity contribution in [2.24, 2.45) is 5.73 Å². The predicted octanol–water partition coefficient (Wildman–Crippen LogP) is 3.19. The lowest BCUT2D eigenvalue weighted by atomic mass is 9.84. The Balaban J connectivity index is 2.13. The van der Waals surface area contributed by atoms with E-state index in [1.807, 2.05) is 0 Å². The molecular formula is C15H23BrN2. The molecule has 1 aromatic rings. The number of nitrogens with zero attached hydrogens (tertiary/aromatic N) is 1. The second-order valence-corrected chi connectivity index (χ2v) is 6.56. The topological polar surface area (TPSA) is 29.3 Å². The largest absolute Gasteiger partial charge is 0.326 e. The standard InChI is InChI=1S/C15H23BrN2/c1-18(2)15(8-3-4-9-15)14(17)11-12-6-5-7-13(16)10-12/h5-7,10,14H,3-4,8-9,11,17H2,1-2H3. The summed E-state index contributed by atoms with van der Waals surface area (Å²) in [7, 11) is 4.35. The SMILES string of the molecule is CN(C)C1(C(N)Cc2cccc(Br)c2)CCCC1. The van der Waals surface area contributed by atoms with Gasteiger partial charge in [-0.25, -0.2) is 0 Å². The molecule has 100 valence electrons. The third kappa shape index (κ3) is 2.79. The molecule has 0 bridgehead atoms. The van der Waals surface area contributed by atoms with Crippen LogP contribution < -0.4 is 5.73 Å². The highest BCUT2D eigenvalue weighted by Crippen LogP contribution is 2.37. The van der Waals surface area contributed by atoms with Gasteiger partial charge in [0.05, 0.1) is 0 Å². The zero-order valence-electron chi connectivity index (χ0n) is 11.3. The van der Waals surface area contributed by atoms with Gasteiger partial charge in [0.1, 0.15) is 0 Å². The maximum absolute atomic E-state index is 6.54. The Morgan fingerprint density at radius 3 is 2.56 bits per heavy atom. The Hall–Kier alpha value is -0.380. The molecule has 1 aromatic carbocycles. The second-order valence-electron chi connectivity index (χ2n) is 5.65. The second kappa shape index (κ2) is 5.72. The molecule has 18 heavy (non-hydrogen) atoms. The molecule has 0 radical (unpaired) electrons. The van der Waals surface area contributed by atoms with Crippen LogP contribution >= 0.6 is 15.9 Å². The van der Waals surface area contributed by atoms with Gasteiger partial charge in [0.15, 0.2) is 0 Å². The third-order valence-corrected chi connectivity index (χ3v) is 4.89. The van der Waals surface area contributed by atoms with Crippen molar-refractivity contribution < 1.29 is 0 Å². The molecule has 1 aliphatic carbocycles. The fourth-order valence-corrected chi connectivity index (χ4v) is 3.69. The summed E-state index contributed by atoms with van der Waals surface area (Å²) in [6, 6.07) is 8.71. The molecule has 1 aliphatic rings. The lowest BCUT2D eigenvalue weighted by Crippen LogP contribution is -2.56. The highest BCUT2D eigenvalue weighted by molar-refractivity contribution is 9.10. The Bertz CT molecular complexity index is 397. The number of rotatable bonds is 4. The average Bonchev–Trinajstić information content (AvgIpc) is 2.79. The van der Waals surface area contributed by atoms with Gasteiger partial charge in [-0.15, -0.1) is 0 Å². The van der Waals surface area contributed by atoms with Gasteiger partial charge in [0.2, 0.25) is 0 Å². The summed E-state index contributed by atoms with van der Waals surface area (Å²) in [6.07, 6.45) is 6.04. The Labute approximate surface area is 119 Å². The maximum atomic E-state index is 6.54. The summed E-state index contributed by atoms with van der Waals surface area (Å²) < 4.78 is 1.14. The van der Waals surface area contributed by atoms with Gasteiger partial charge in [0, 0.05) is 16.1 Å². The van der Waals surface area contributed by atoms with Gasteiger partial charge in [0.25, 0.3) is 0 Å². The molecule has 3 heteroatoms. The molecule has 0 heterocycles. The number of hydrogen-bond acceptors (Lipinski definition) is 2. The fraction of sp³-hybridized carbons (Fsp3) is 0.600. The minimum atomic E-state index is 0.197. The van der Waals surface area contributed by atoms with E-state index >= 15 is 0 Å². The van der Waals surface area contributed by atoms with Crippen molar-refractivity contribution in [3.8, 4) is 0 Å². The van der Waals surface area contributed by atoms with Crippen LogP contribution in [0.25, 0.3) is 0 Å². The molecular weight excluding hydrogens is 288 g/mol. The first-order chi connectivity index (χ1) is 8.54. The Morgan fingerprint density at radius 2 is 2.00 bits per heavy atom.